The first kappa shape index (κ1) is 17.8. The third kappa shape index (κ3) is 3.20. The van der Waals surface area contributed by atoms with Crippen molar-refractivity contribution in [1.29, 1.82) is 0 Å². The zero-order valence-electron chi connectivity index (χ0n) is 15.3. The number of hydrogen-bond acceptors (Lipinski definition) is 4. The Balaban J connectivity index is 1.31. The van der Waals surface area contributed by atoms with Crippen LogP contribution in [0, 0.1) is 5.82 Å². The fourth-order valence-corrected chi connectivity index (χ4v) is 4.44. The topological polar surface area (TPSA) is 62.6 Å². The summed E-state index contributed by atoms with van der Waals surface area (Å²) in [7, 11) is 0. The summed E-state index contributed by atoms with van der Waals surface area (Å²) in [4.78, 5) is 16.8. The molecule has 9 heteroatoms. The predicted octanol–water partition coefficient (Wildman–Crippen LogP) is 3.09. The Hall–Kier alpha value is -2.32. The first-order valence-electron chi connectivity index (χ1n) is 9.53. The summed E-state index contributed by atoms with van der Waals surface area (Å²) < 4.78 is 21.2. The third-order valence-corrected chi connectivity index (χ3v) is 5.98. The van der Waals surface area contributed by atoms with Crippen LogP contribution in [0.5, 0.6) is 0 Å². The molecular weight excluding hydrogens is 385 g/mol. The molecule has 7 nitrogen and oxygen atoms in total. The summed E-state index contributed by atoms with van der Waals surface area (Å²) in [5, 5.41) is 7.30. The Morgan fingerprint density at radius 2 is 2.04 bits per heavy atom. The third-order valence-electron chi connectivity index (χ3n) is 5.69. The number of hydrogen-bond donors (Lipinski definition) is 1. The average molecular weight is 406 g/mol. The van der Waals surface area contributed by atoms with E-state index in [1.807, 2.05) is 10.9 Å². The van der Waals surface area contributed by atoms with Crippen LogP contribution in [0.3, 0.4) is 0 Å². The number of urea groups is 1. The first-order chi connectivity index (χ1) is 13.6. The van der Waals surface area contributed by atoms with Crippen molar-refractivity contribution >= 4 is 29.0 Å². The summed E-state index contributed by atoms with van der Waals surface area (Å²) in [6.07, 6.45) is 4.71. The summed E-state index contributed by atoms with van der Waals surface area (Å²) in [6, 6.07) is 3.93. The van der Waals surface area contributed by atoms with Gasteiger partial charge in [0, 0.05) is 25.3 Å². The van der Waals surface area contributed by atoms with E-state index in [0.29, 0.717) is 37.5 Å². The van der Waals surface area contributed by atoms with E-state index >= 15 is 0 Å². The molecule has 5 rings (SSSR count). The van der Waals surface area contributed by atoms with Crippen LogP contribution >= 0.6 is 11.6 Å². The highest BCUT2D eigenvalue weighted by atomic mass is 35.5. The van der Waals surface area contributed by atoms with Gasteiger partial charge < -0.3 is 19.9 Å². The second-order valence-electron chi connectivity index (χ2n) is 7.54. The number of nitrogens with zero attached hydrogens (tertiary/aromatic N) is 4. The number of carbonyl (C=O) groups is 1. The zero-order valence-corrected chi connectivity index (χ0v) is 16.0. The smallest absolute Gasteiger partial charge is 0.322 e. The molecule has 2 aromatic rings. The Morgan fingerprint density at radius 3 is 2.79 bits per heavy atom. The first-order valence-corrected chi connectivity index (χ1v) is 9.90. The van der Waals surface area contributed by atoms with Crippen LogP contribution in [0.4, 0.5) is 20.6 Å². The highest BCUT2D eigenvalue weighted by molar-refractivity contribution is 6.31. The number of rotatable bonds is 2. The molecule has 0 aliphatic carbocycles. The van der Waals surface area contributed by atoms with Gasteiger partial charge in [0.05, 0.1) is 47.9 Å². The van der Waals surface area contributed by atoms with E-state index < -0.39 is 5.82 Å². The predicted molar refractivity (Wildman–Crippen MR) is 103 cm³/mol. The number of halogens is 2. The summed E-state index contributed by atoms with van der Waals surface area (Å²) in [6.45, 7) is 3.42. The monoisotopic (exact) mass is 405 g/mol. The summed E-state index contributed by atoms with van der Waals surface area (Å²) in [5.41, 5.74) is 2.60. The lowest BCUT2D eigenvalue weighted by atomic mass is 10.2. The molecule has 2 atom stereocenters. The number of morpholine rings is 1. The largest absolute Gasteiger partial charge is 0.371 e. The van der Waals surface area contributed by atoms with Gasteiger partial charge in [-0.05, 0) is 31.0 Å². The van der Waals surface area contributed by atoms with Crippen LogP contribution in [0.2, 0.25) is 5.02 Å². The number of anilines is 2. The highest BCUT2D eigenvalue weighted by Crippen LogP contribution is 2.32. The van der Waals surface area contributed by atoms with E-state index in [-0.39, 0.29) is 11.1 Å². The van der Waals surface area contributed by atoms with E-state index in [2.05, 4.69) is 15.3 Å². The van der Waals surface area contributed by atoms with Crippen molar-refractivity contribution in [2.45, 2.75) is 38.1 Å². The van der Waals surface area contributed by atoms with Crippen molar-refractivity contribution in [3.8, 4) is 0 Å². The number of fused-ring (bicyclic) bond motifs is 3. The molecule has 0 spiro atoms. The van der Waals surface area contributed by atoms with Gasteiger partial charge in [-0.25, -0.2) is 9.18 Å². The molecule has 2 bridgehead atoms. The summed E-state index contributed by atoms with van der Waals surface area (Å²) >= 11 is 5.80. The Kier molecular flexibility index (Phi) is 4.40. The second kappa shape index (κ2) is 6.93. The van der Waals surface area contributed by atoms with Crippen LogP contribution in [0.15, 0.2) is 24.4 Å². The van der Waals surface area contributed by atoms with Gasteiger partial charge in [0.2, 0.25) is 0 Å². The molecule has 0 saturated carbocycles. The molecule has 2 saturated heterocycles. The number of ether oxygens (including phenoxy) is 1. The minimum atomic E-state index is -0.509. The van der Waals surface area contributed by atoms with Crippen molar-refractivity contribution in [1.82, 2.24) is 14.7 Å². The van der Waals surface area contributed by atoms with Crippen LogP contribution in [-0.4, -0.2) is 52.6 Å². The molecule has 1 aromatic heterocycles. The molecule has 2 amide bonds. The minimum Gasteiger partial charge on any atom is -0.371 e. The fourth-order valence-electron chi connectivity index (χ4n) is 4.26. The molecule has 3 aliphatic rings. The normalized spacial score (nSPS) is 23.6. The van der Waals surface area contributed by atoms with Crippen LogP contribution < -0.4 is 10.2 Å². The van der Waals surface area contributed by atoms with Gasteiger partial charge in [0.15, 0.2) is 0 Å². The van der Waals surface area contributed by atoms with Crippen molar-refractivity contribution in [3.63, 3.8) is 0 Å². The van der Waals surface area contributed by atoms with E-state index in [1.54, 1.807) is 4.90 Å². The van der Waals surface area contributed by atoms with Crippen LogP contribution in [0.1, 0.15) is 18.5 Å². The minimum absolute atomic E-state index is 0.0150. The van der Waals surface area contributed by atoms with E-state index in [0.717, 1.165) is 37.3 Å². The van der Waals surface area contributed by atoms with Crippen LogP contribution in [0.25, 0.3) is 0 Å². The Bertz CT molecular complexity index is 908. The Morgan fingerprint density at radius 1 is 1.25 bits per heavy atom. The molecule has 0 radical (unpaired) electrons. The van der Waals surface area contributed by atoms with Crippen molar-refractivity contribution in [2.24, 2.45) is 0 Å². The molecule has 2 unspecified atom stereocenters. The molecule has 148 valence electrons. The van der Waals surface area contributed by atoms with Crippen molar-refractivity contribution < 1.29 is 13.9 Å². The van der Waals surface area contributed by atoms with Gasteiger partial charge in [-0.1, -0.05) is 11.6 Å². The molecule has 3 aliphatic heterocycles. The lowest BCUT2D eigenvalue weighted by molar-refractivity contribution is 0.0304. The van der Waals surface area contributed by atoms with E-state index in [1.165, 1.54) is 18.2 Å². The lowest BCUT2D eigenvalue weighted by Gasteiger charge is -2.35. The van der Waals surface area contributed by atoms with Gasteiger partial charge in [-0.2, -0.15) is 5.10 Å². The molecule has 2 fully saturated rings. The van der Waals surface area contributed by atoms with Gasteiger partial charge in [0.25, 0.3) is 0 Å². The van der Waals surface area contributed by atoms with Crippen molar-refractivity contribution in [2.75, 3.05) is 29.9 Å². The highest BCUT2D eigenvalue weighted by Gasteiger charge is 2.36. The maximum atomic E-state index is 13.3. The second-order valence-corrected chi connectivity index (χ2v) is 7.95. The molecule has 4 heterocycles. The van der Waals surface area contributed by atoms with Gasteiger partial charge >= 0.3 is 6.03 Å². The maximum Gasteiger partial charge on any atom is 0.322 e. The zero-order chi connectivity index (χ0) is 19.3. The molecular formula is C19H21ClFN5O2. The standard InChI is InChI=1S/C19H21ClFN5O2/c20-15-7-12(1-4-16(15)21)23-19(27)24-5-6-26-18(11-24)17(8-22-26)25-9-13-2-3-14(10-25)28-13/h1,4,7-8,13-14H,2-3,5-6,9-11H2,(H,23,27). The number of aromatic nitrogens is 2. The number of nitrogens with one attached hydrogen (secondary N) is 1. The SMILES string of the molecule is O=C(Nc1ccc(F)c(Cl)c1)N1CCn2ncc(N3CC4CCC(C3)O4)c2C1. The molecule has 1 N–H and O–H groups in total. The number of amides is 2. The quantitative estimate of drug-likeness (QED) is 0.834. The molecule has 28 heavy (non-hydrogen) atoms. The van der Waals surface area contributed by atoms with Gasteiger partial charge in [0.1, 0.15) is 5.82 Å². The van der Waals surface area contributed by atoms with Gasteiger partial charge in [-0.15, -0.1) is 0 Å². The maximum absolute atomic E-state index is 13.3. The number of benzene rings is 1. The Labute approximate surface area is 167 Å². The summed E-state index contributed by atoms with van der Waals surface area (Å²) in [5.74, 6) is -0.509. The molecule has 1 aromatic carbocycles. The lowest BCUT2D eigenvalue weighted by Crippen LogP contribution is -2.44. The van der Waals surface area contributed by atoms with E-state index in [9.17, 15) is 9.18 Å². The fraction of sp³-hybridized carbons (Fsp3) is 0.474. The van der Waals surface area contributed by atoms with Crippen molar-refractivity contribution in [3.05, 3.63) is 40.9 Å². The van der Waals surface area contributed by atoms with Crippen LogP contribution in [-0.2, 0) is 17.8 Å². The average Bonchev–Trinajstić information content (AvgIpc) is 3.26. The number of carbonyl (C=O) groups excluding carboxylic acids is 1. The van der Waals surface area contributed by atoms with Gasteiger partial charge in [-0.3, -0.25) is 4.68 Å². The van der Waals surface area contributed by atoms with E-state index in [4.69, 9.17) is 16.3 Å².